The Hall–Kier alpha value is -0.860. The standard InChI is InChI=1S/C16H27NO/c1-13(12-18-5)15(11-17-16(2,3)4)14-9-7-6-8-10-14/h6-10,13,15,17H,11-12H2,1-5H3. The summed E-state index contributed by atoms with van der Waals surface area (Å²) in [6, 6.07) is 10.7. The quantitative estimate of drug-likeness (QED) is 0.834. The van der Waals surface area contributed by atoms with Gasteiger partial charge in [0.15, 0.2) is 0 Å². The highest BCUT2D eigenvalue weighted by Crippen LogP contribution is 2.24. The lowest BCUT2D eigenvalue weighted by molar-refractivity contribution is 0.144. The van der Waals surface area contributed by atoms with E-state index >= 15 is 0 Å². The molecule has 2 unspecified atom stereocenters. The SMILES string of the molecule is COCC(C)C(CNC(C)(C)C)c1ccccc1. The molecule has 0 fully saturated rings. The van der Waals surface area contributed by atoms with Crippen molar-refractivity contribution >= 4 is 0 Å². The second-order valence-electron chi connectivity index (χ2n) is 6.08. The first-order valence-electron chi connectivity index (χ1n) is 6.73. The Labute approximate surface area is 112 Å². The summed E-state index contributed by atoms with van der Waals surface area (Å²) in [5.41, 5.74) is 1.54. The van der Waals surface area contributed by atoms with Crippen molar-refractivity contribution in [3.63, 3.8) is 0 Å². The van der Waals surface area contributed by atoms with Crippen LogP contribution in [0, 0.1) is 5.92 Å². The summed E-state index contributed by atoms with van der Waals surface area (Å²) in [5.74, 6) is 0.998. The normalized spacial score (nSPS) is 15.4. The lowest BCUT2D eigenvalue weighted by Crippen LogP contribution is -2.40. The molecule has 2 nitrogen and oxygen atoms in total. The molecule has 1 aromatic carbocycles. The third-order valence-electron chi connectivity index (χ3n) is 3.20. The van der Waals surface area contributed by atoms with Crippen LogP contribution < -0.4 is 5.32 Å². The Bertz CT molecular complexity index is 329. The van der Waals surface area contributed by atoms with Crippen molar-refractivity contribution < 1.29 is 4.74 Å². The van der Waals surface area contributed by atoms with Crippen LogP contribution in [0.5, 0.6) is 0 Å². The fourth-order valence-corrected chi connectivity index (χ4v) is 2.14. The minimum Gasteiger partial charge on any atom is -0.384 e. The average molecular weight is 249 g/mol. The number of benzene rings is 1. The Kier molecular flexibility index (Phi) is 5.83. The van der Waals surface area contributed by atoms with Crippen LogP contribution in [0.25, 0.3) is 0 Å². The maximum atomic E-state index is 5.31. The van der Waals surface area contributed by atoms with Crippen LogP contribution in [0.1, 0.15) is 39.2 Å². The molecule has 2 heteroatoms. The Morgan fingerprint density at radius 1 is 1.17 bits per heavy atom. The molecule has 0 saturated carbocycles. The Morgan fingerprint density at radius 3 is 2.28 bits per heavy atom. The van der Waals surface area contributed by atoms with Crippen molar-refractivity contribution in [3.05, 3.63) is 35.9 Å². The molecule has 102 valence electrons. The molecule has 0 saturated heterocycles. The zero-order chi connectivity index (χ0) is 13.6. The zero-order valence-electron chi connectivity index (χ0n) is 12.4. The Balaban J connectivity index is 2.76. The van der Waals surface area contributed by atoms with Crippen molar-refractivity contribution in [1.82, 2.24) is 5.32 Å². The van der Waals surface area contributed by atoms with E-state index in [0.29, 0.717) is 11.8 Å². The van der Waals surface area contributed by atoms with E-state index in [2.05, 4.69) is 63.3 Å². The molecule has 1 rings (SSSR count). The summed E-state index contributed by atoms with van der Waals surface area (Å²) in [7, 11) is 1.77. The fraction of sp³-hybridized carbons (Fsp3) is 0.625. The first-order valence-corrected chi connectivity index (χ1v) is 6.73. The first kappa shape index (κ1) is 15.2. The van der Waals surface area contributed by atoms with Crippen LogP contribution in [0.3, 0.4) is 0 Å². The number of nitrogens with one attached hydrogen (secondary N) is 1. The van der Waals surface area contributed by atoms with Crippen molar-refractivity contribution in [2.75, 3.05) is 20.3 Å². The highest BCUT2D eigenvalue weighted by Gasteiger charge is 2.21. The van der Waals surface area contributed by atoms with Crippen LogP contribution in [0.2, 0.25) is 0 Å². The summed E-state index contributed by atoms with van der Waals surface area (Å²) in [6.45, 7) is 10.6. The van der Waals surface area contributed by atoms with Crippen LogP contribution in [0.15, 0.2) is 30.3 Å². The van der Waals surface area contributed by atoms with E-state index in [1.807, 2.05) is 0 Å². The molecule has 0 amide bonds. The molecule has 18 heavy (non-hydrogen) atoms. The summed E-state index contributed by atoms with van der Waals surface area (Å²) < 4.78 is 5.31. The number of methoxy groups -OCH3 is 1. The lowest BCUT2D eigenvalue weighted by atomic mass is 9.87. The monoisotopic (exact) mass is 249 g/mol. The van der Waals surface area contributed by atoms with E-state index in [9.17, 15) is 0 Å². The number of ether oxygens (including phenoxy) is 1. The second kappa shape index (κ2) is 6.91. The molecule has 1 aromatic rings. The van der Waals surface area contributed by atoms with Crippen LogP contribution in [0.4, 0.5) is 0 Å². The minimum atomic E-state index is 0.153. The van der Waals surface area contributed by atoms with Crippen molar-refractivity contribution in [1.29, 1.82) is 0 Å². The fourth-order valence-electron chi connectivity index (χ4n) is 2.14. The number of rotatable bonds is 6. The molecule has 0 aromatic heterocycles. The van der Waals surface area contributed by atoms with Gasteiger partial charge in [0, 0.05) is 31.7 Å². The largest absolute Gasteiger partial charge is 0.384 e. The molecule has 0 aliphatic heterocycles. The minimum absolute atomic E-state index is 0.153. The lowest BCUT2D eigenvalue weighted by Gasteiger charge is -2.29. The van der Waals surface area contributed by atoms with Crippen LogP contribution in [-0.4, -0.2) is 25.8 Å². The van der Waals surface area contributed by atoms with Gasteiger partial charge in [0.2, 0.25) is 0 Å². The molecule has 1 N–H and O–H groups in total. The van der Waals surface area contributed by atoms with Gasteiger partial charge in [-0.3, -0.25) is 0 Å². The van der Waals surface area contributed by atoms with Crippen molar-refractivity contribution in [3.8, 4) is 0 Å². The molecule has 0 bridgehead atoms. The van der Waals surface area contributed by atoms with Gasteiger partial charge < -0.3 is 10.1 Å². The number of hydrogen-bond donors (Lipinski definition) is 1. The molecule has 2 atom stereocenters. The van der Waals surface area contributed by atoms with Gasteiger partial charge in [-0.2, -0.15) is 0 Å². The van der Waals surface area contributed by atoms with Gasteiger partial charge >= 0.3 is 0 Å². The first-order chi connectivity index (χ1) is 8.44. The van der Waals surface area contributed by atoms with Crippen LogP contribution >= 0.6 is 0 Å². The van der Waals surface area contributed by atoms with Gasteiger partial charge in [-0.1, -0.05) is 37.3 Å². The van der Waals surface area contributed by atoms with Gasteiger partial charge in [0.25, 0.3) is 0 Å². The zero-order valence-corrected chi connectivity index (χ0v) is 12.4. The van der Waals surface area contributed by atoms with Gasteiger partial charge in [-0.15, -0.1) is 0 Å². The molecular formula is C16H27NO. The van der Waals surface area contributed by atoms with Crippen molar-refractivity contribution in [2.45, 2.75) is 39.2 Å². The Morgan fingerprint density at radius 2 is 1.78 bits per heavy atom. The maximum absolute atomic E-state index is 5.31. The summed E-state index contributed by atoms with van der Waals surface area (Å²) in [4.78, 5) is 0. The average Bonchev–Trinajstić information content (AvgIpc) is 2.29. The van der Waals surface area contributed by atoms with E-state index in [0.717, 1.165) is 13.2 Å². The van der Waals surface area contributed by atoms with Crippen molar-refractivity contribution in [2.24, 2.45) is 5.92 Å². The smallest absolute Gasteiger partial charge is 0.0494 e. The molecule has 0 aliphatic carbocycles. The number of hydrogen-bond acceptors (Lipinski definition) is 2. The molecule has 0 aliphatic rings. The van der Waals surface area contributed by atoms with Gasteiger partial charge in [0.1, 0.15) is 0 Å². The third kappa shape index (κ3) is 5.19. The van der Waals surface area contributed by atoms with E-state index in [1.54, 1.807) is 7.11 Å². The van der Waals surface area contributed by atoms with E-state index < -0.39 is 0 Å². The van der Waals surface area contributed by atoms with Gasteiger partial charge in [-0.05, 0) is 32.3 Å². The van der Waals surface area contributed by atoms with Gasteiger partial charge in [-0.25, -0.2) is 0 Å². The molecule has 0 radical (unpaired) electrons. The molecule has 0 spiro atoms. The van der Waals surface area contributed by atoms with E-state index in [4.69, 9.17) is 4.74 Å². The highest BCUT2D eigenvalue weighted by atomic mass is 16.5. The molecule has 0 heterocycles. The second-order valence-corrected chi connectivity index (χ2v) is 6.08. The van der Waals surface area contributed by atoms with E-state index in [-0.39, 0.29) is 5.54 Å². The predicted octanol–water partition coefficient (Wildman–Crippen LogP) is 3.44. The third-order valence-corrected chi connectivity index (χ3v) is 3.20. The summed E-state index contributed by atoms with van der Waals surface area (Å²) in [6.07, 6.45) is 0. The predicted molar refractivity (Wildman–Crippen MR) is 78.0 cm³/mol. The maximum Gasteiger partial charge on any atom is 0.0494 e. The van der Waals surface area contributed by atoms with Crippen LogP contribution in [-0.2, 0) is 4.74 Å². The van der Waals surface area contributed by atoms with E-state index in [1.165, 1.54) is 5.56 Å². The molecular weight excluding hydrogens is 222 g/mol. The summed E-state index contributed by atoms with van der Waals surface area (Å²) in [5, 5.41) is 3.60. The van der Waals surface area contributed by atoms with Gasteiger partial charge in [0.05, 0.1) is 0 Å². The topological polar surface area (TPSA) is 21.3 Å². The summed E-state index contributed by atoms with van der Waals surface area (Å²) >= 11 is 0. The highest BCUT2D eigenvalue weighted by molar-refractivity contribution is 5.20.